The summed E-state index contributed by atoms with van der Waals surface area (Å²) < 4.78 is 3.85. The summed E-state index contributed by atoms with van der Waals surface area (Å²) >= 11 is 0. The number of rotatable bonds is 4. The zero-order chi connectivity index (χ0) is 11.5. The van der Waals surface area contributed by atoms with Gasteiger partial charge in [0, 0.05) is 0 Å². The van der Waals surface area contributed by atoms with Gasteiger partial charge in [-0.2, -0.15) is 0 Å². The Morgan fingerprint density at radius 1 is 1.29 bits per heavy atom. The summed E-state index contributed by atoms with van der Waals surface area (Å²) in [5.41, 5.74) is -3.50. The fourth-order valence-electron chi connectivity index (χ4n) is 0.650. The molecule has 0 saturated heterocycles. The molecular weight excluding hydrogens is 200 g/mol. The molecule has 2 atom stereocenters. The smallest absolute Gasteiger partial charge is 0.353 e. The van der Waals surface area contributed by atoms with Crippen LogP contribution in [-0.4, -0.2) is 57.1 Å². The van der Waals surface area contributed by atoms with Crippen LogP contribution in [0.4, 0.5) is 0 Å². The second kappa shape index (κ2) is 4.03. The third kappa shape index (κ3) is 1.80. The van der Waals surface area contributed by atoms with Crippen LogP contribution in [0.3, 0.4) is 0 Å². The van der Waals surface area contributed by atoms with E-state index in [9.17, 15) is 14.4 Å². The second-order valence-electron chi connectivity index (χ2n) is 2.30. The number of aliphatic hydroxyl groups is 2. The van der Waals surface area contributed by atoms with E-state index >= 15 is 0 Å². The van der Waals surface area contributed by atoms with Crippen molar-refractivity contribution in [3.05, 3.63) is 0 Å². The van der Waals surface area contributed by atoms with Gasteiger partial charge in [0.1, 0.15) is 0 Å². The monoisotopic (exact) mass is 208 g/mol. The number of carboxylic acid groups (broad SMARTS) is 2. The molecule has 0 bridgehead atoms. The molecule has 0 amide bonds. The number of aliphatic carboxylic acids is 2. The highest BCUT2D eigenvalue weighted by Crippen LogP contribution is 2.13. The summed E-state index contributed by atoms with van der Waals surface area (Å²) in [6.07, 6.45) is -2.80. The van der Waals surface area contributed by atoms with E-state index in [0.29, 0.717) is 0 Å². The third-order valence-corrected chi connectivity index (χ3v) is 1.45. The summed E-state index contributed by atoms with van der Waals surface area (Å²) in [5, 5.41) is 34.5. The average Bonchev–Trinajstić information content (AvgIpc) is 2.13. The Hall–Kier alpha value is -1.67. The van der Waals surface area contributed by atoms with E-state index in [2.05, 4.69) is 4.74 Å². The zero-order valence-corrected chi connectivity index (χ0v) is 7.00. The Morgan fingerprint density at radius 3 is 1.93 bits per heavy atom. The molecule has 0 fully saturated rings. The van der Waals surface area contributed by atoms with Crippen molar-refractivity contribution in [2.45, 2.75) is 11.7 Å². The standard InChI is InChI=1S/C6H8O8/c1-14-5(12)6(13,4(10)11)2(7)3(8)9/h2,7,13H,1H3,(H,8,9)(H,10,11). The van der Waals surface area contributed by atoms with Crippen LogP contribution in [0.1, 0.15) is 0 Å². The lowest BCUT2D eigenvalue weighted by molar-refractivity contribution is -0.197. The number of hydrogen-bond acceptors (Lipinski definition) is 6. The van der Waals surface area contributed by atoms with Crippen LogP contribution < -0.4 is 0 Å². The predicted molar refractivity (Wildman–Crippen MR) is 38.2 cm³/mol. The highest BCUT2D eigenvalue weighted by atomic mass is 16.6. The molecule has 0 aliphatic heterocycles. The molecule has 0 aromatic heterocycles. The number of carbonyl (C=O) groups is 3. The lowest BCUT2D eigenvalue weighted by Crippen LogP contribution is -2.59. The predicted octanol–water partition coefficient (Wildman–Crippen LogP) is -2.58. The summed E-state index contributed by atoms with van der Waals surface area (Å²) in [7, 11) is 0.741. The van der Waals surface area contributed by atoms with Crippen LogP contribution >= 0.6 is 0 Å². The van der Waals surface area contributed by atoms with Crippen molar-refractivity contribution in [2.75, 3.05) is 7.11 Å². The molecule has 0 spiro atoms. The fraction of sp³-hybridized carbons (Fsp3) is 0.500. The number of carboxylic acids is 2. The molecule has 0 saturated carbocycles. The van der Waals surface area contributed by atoms with Crippen LogP contribution in [0.5, 0.6) is 0 Å². The van der Waals surface area contributed by atoms with Crippen molar-refractivity contribution in [1.82, 2.24) is 0 Å². The van der Waals surface area contributed by atoms with Gasteiger partial charge in [0.2, 0.25) is 6.10 Å². The van der Waals surface area contributed by atoms with Crippen molar-refractivity contribution in [3.63, 3.8) is 0 Å². The molecule has 80 valence electrons. The Labute approximate surface area is 77.3 Å². The summed E-state index contributed by atoms with van der Waals surface area (Å²) in [6, 6.07) is 0. The van der Waals surface area contributed by atoms with Crippen molar-refractivity contribution < 1.29 is 39.5 Å². The summed E-state index contributed by atoms with van der Waals surface area (Å²) in [5.74, 6) is -6.03. The Bertz CT molecular complexity index is 271. The molecule has 0 aromatic carbocycles. The quantitative estimate of drug-likeness (QED) is 0.291. The maximum absolute atomic E-state index is 10.7. The minimum absolute atomic E-state index is 0.741. The van der Waals surface area contributed by atoms with E-state index in [1.54, 1.807) is 0 Å². The average molecular weight is 208 g/mol. The van der Waals surface area contributed by atoms with Crippen LogP contribution in [-0.2, 0) is 19.1 Å². The van der Waals surface area contributed by atoms with Gasteiger partial charge in [0.25, 0.3) is 5.60 Å². The topological polar surface area (TPSA) is 141 Å². The molecule has 8 heteroatoms. The van der Waals surface area contributed by atoms with Crippen molar-refractivity contribution in [1.29, 1.82) is 0 Å². The first-order chi connectivity index (χ1) is 6.28. The lowest BCUT2D eigenvalue weighted by Gasteiger charge is -2.22. The molecule has 0 rings (SSSR count). The number of aliphatic hydroxyl groups excluding tert-OH is 1. The summed E-state index contributed by atoms with van der Waals surface area (Å²) in [4.78, 5) is 31.3. The highest BCUT2D eigenvalue weighted by Gasteiger charge is 2.55. The van der Waals surface area contributed by atoms with Crippen molar-refractivity contribution >= 4 is 17.9 Å². The number of ether oxygens (including phenoxy) is 1. The lowest BCUT2D eigenvalue weighted by atomic mass is 9.97. The molecule has 2 unspecified atom stereocenters. The van der Waals surface area contributed by atoms with E-state index in [1.807, 2.05) is 0 Å². The summed E-state index contributed by atoms with van der Waals surface area (Å²) in [6.45, 7) is 0. The van der Waals surface area contributed by atoms with E-state index in [0.717, 1.165) is 7.11 Å². The normalized spacial score (nSPS) is 16.5. The Kier molecular flexibility index (Phi) is 3.55. The van der Waals surface area contributed by atoms with Gasteiger partial charge >= 0.3 is 17.9 Å². The van der Waals surface area contributed by atoms with Gasteiger partial charge in [-0.15, -0.1) is 0 Å². The van der Waals surface area contributed by atoms with Gasteiger partial charge in [-0.25, -0.2) is 14.4 Å². The number of carbonyl (C=O) groups excluding carboxylic acids is 1. The number of methoxy groups -OCH3 is 1. The van der Waals surface area contributed by atoms with Crippen LogP contribution in [0, 0.1) is 0 Å². The minimum Gasteiger partial charge on any atom is -0.479 e. The molecular formula is C6H8O8. The molecule has 8 nitrogen and oxygen atoms in total. The van der Waals surface area contributed by atoms with E-state index in [4.69, 9.17) is 20.4 Å². The first-order valence-corrected chi connectivity index (χ1v) is 3.23. The highest BCUT2D eigenvalue weighted by molar-refractivity contribution is 6.07. The first kappa shape index (κ1) is 12.3. The molecule has 0 radical (unpaired) electrons. The van der Waals surface area contributed by atoms with Crippen molar-refractivity contribution in [3.8, 4) is 0 Å². The van der Waals surface area contributed by atoms with Crippen LogP contribution in [0.15, 0.2) is 0 Å². The Balaban J connectivity index is 5.20. The van der Waals surface area contributed by atoms with Crippen LogP contribution in [0.2, 0.25) is 0 Å². The van der Waals surface area contributed by atoms with Crippen molar-refractivity contribution in [2.24, 2.45) is 0 Å². The van der Waals surface area contributed by atoms with E-state index in [-0.39, 0.29) is 0 Å². The van der Waals surface area contributed by atoms with Gasteiger partial charge in [0.15, 0.2) is 0 Å². The zero-order valence-electron chi connectivity index (χ0n) is 7.00. The Morgan fingerprint density at radius 2 is 1.71 bits per heavy atom. The largest absolute Gasteiger partial charge is 0.479 e. The van der Waals surface area contributed by atoms with Gasteiger partial charge in [-0.3, -0.25) is 0 Å². The van der Waals surface area contributed by atoms with Crippen LogP contribution in [0.25, 0.3) is 0 Å². The molecule has 0 aliphatic rings. The van der Waals surface area contributed by atoms with Gasteiger partial charge in [-0.1, -0.05) is 0 Å². The van der Waals surface area contributed by atoms with Gasteiger partial charge in [0.05, 0.1) is 7.11 Å². The maximum Gasteiger partial charge on any atom is 0.353 e. The van der Waals surface area contributed by atoms with E-state index in [1.165, 1.54) is 0 Å². The molecule has 4 N–H and O–H groups in total. The SMILES string of the molecule is COC(=O)C(O)(C(=O)O)C(O)C(=O)O. The second-order valence-corrected chi connectivity index (χ2v) is 2.30. The van der Waals surface area contributed by atoms with E-state index < -0.39 is 29.6 Å². The minimum atomic E-state index is -3.50. The maximum atomic E-state index is 10.7. The van der Waals surface area contributed by atoms with Gasteiger partial charge in [-0.05, 0) is 0 Å². The molecule has 0 heterocycles. The number of esters is 1. The molecule has 0 aromatic rings. The fourth-order valence-corrected chi connectivity index (χ4v) is 0.650. The first-order valence-electron chi connectivity index (χ1n) is 3.23. The number of hydrogen-bond donors (Lipinski definition) is 4. The molecule has 14 heavy (non-hydrogen) atoms. The van der Waals surface area contributed by atoms with Gasteiger partial charge < -0.3 is 25.2 Å². The molecule has 0 aliphatic carbocycles. The third-order valence-electron chi connectivity index (χ3n) is 1.45.